The van der Waals surface area contributed by atoms with Crippen LogP contribution in [0.3, 0.4) is 0 Å². The zero-order valence-electron chi connectivity index (χ0n) is 13.5. The Morgan fingerprint density at radius 1 is 1.33 bits per heavy atom. The third kappa shape index (κ3) is 5.38. The van der Waals surface area contributed by atoms with E-state index in [2.05, 4.69) is 19.9 Å². The Labute approximate surface area is 127 Å². The maximum absolute atomic E-state index is 11.3. The topological polar surface area (TPSA) is 61.5 Å². The van der Waals surface area contributed by atoms with E-state index in [-0.39, 0.29) is 12.0 Å². The minimum atomic E-state index is -0.151. The summed E-state index contributed by atoms with van der Waals surface area (Å²) in [5, 5.41) is 0. The van der Waals surface area contributed by atoms with Crippen molar-refractivity contribution in [3.05, 3.63) is 29.3 Å². The lowest BCUT2D eigenvalue weighted by Crippen LogP contribution is -2.12. The number of benzene rings is 1. The third-order valence-corrected chi connectivity index (χ3v) is 3.51. The normalized spacial score (nSPS) is 12.3. The molecule has 0 radical (unpaired) electrons. The number of methoxy groups -OCH3 is 1. The Kier molecular flexibility index (Phi) is 7.23. The van der Waals surface area contributed by atoms with Crippen molar-refractivity contribution in [2.24, 2.45) is 5.73 Å². The molecule has 0 saturated heterocycles. The molecule has 0 aromatic heterocycles. The molecule has 1 aromatic rings. The molecule has 2 N–H and O–H groups in total. The van der Waals surface area contributed by atoms with Gasteiger partial charge in [0.05, 0.1) is 13.7 Å². The largest absolute Gasteiger partial charge is 0.496 e. The van der Waals surface area contributed by atoms with Gasteiger partial charge in [0.15, 0.2) is 0 Å². The molecule has 0 aliphatic carbocycles. The predicted molar refractivity (Wildman–Crippen MR) is 84.5 cm³/mol. The van der Waals surface area contributed by atoms with E-state index in [0.717, 1.165) is 29.7 Å². The van der Waals surface area contributed by atoms with Crippen LogP contribution in [-0.4, -0.2) is 19.7 Å². The van der Waals surface area contributed by atoms with Crippen LogP contribution in [0, 0.1) is 0 Å². The fourth-order valence-electron chi connectivity index (χ4n) is 2.30. The monoisotopic (exact) mass is 293 g/mol. The Bertz CT molecular complexity index is 457. The number of hydrogen-bond acceptors (Lipinski definition) is 4. The van der Waals surface area contributed by atoms with Crippen molar-refractivity contribution in [3.63, 3.8) is 0 Å². The standard InChI is InChI=1S/C17H27NO3/c1-5-21-17(19)8-6-7-15(18)13-9-10-16(20-4)14(11-13)12(2)3/h9-12,15H,5-8,18H2,1-4H3. The van der Waals surface area contributed by atoms with Crippen LogP contribution in [0.1, 0.15) is 63.1 Å². The number of rotatable bonds is 8. The lowest BCUT2D eigenvalue weighted by Gasteiger charge is -2.17. The lowest BCUT2D eigenvalue weighted by atomic mass is 9.95. The lowest BCUT2D eigenvalue weighted by molar-refractivity contribution is -0.143. The minimum Gasteiger partial charge on any atom is -0.496 e. The summed E-state index contributed by atoms with van der Waals surface area (Å²) in [6.07, 6.45) is 1.93. The second-order valence-electron chi connectivity index (χ2n) is 5.46. The first-order valence-corrected chi connectivity index (χ1v) is 7.58. The number of hydrogen-bond donors (Lipinski definition) is 1. The Hall–Kier alpha value is -1.55. The number of carbonyl (C=O) groups is 1. The van der Waals surface area contributed by atoms with Gasteiger partial charge in [-0.2, -0.15) is 0 Å². The van der Waals surface area contributed by atoms with Crippen LogP contribution in [0.4, 0.5) is 0 Å². The van der Waals surface area contributed by atoms with E-state index in [9.17, 15) is 4.79 Å². The molecule has 21 heavy (non-hydrogen) atoms. The molecule has 0 heterocycles. The second kappa shape index (κ2) is 8.67. The van der Waals surface area contributed by atoms with E-state index >= 15 is 0 Å². The molecule has 118 valence electrons. The van der Waals surface area contributed by atoms with Crippen molar-refractivity contribution in [2.45, 2.75) is 52.0 Å². The van der Waals surface area contributed by atoms with E-state index in [1.165, 1.54) is 0 Å². The molecule has 1 atom stereocenters. The summed E-state index contributed by atoms with van der Waals surface area (Å²) >= 11 is 0. The maximum atomic E-state index is 11.3. The van der Waals surface area contributed by atoms with E-state index in [1.807, 2.05) is 19.1 Å². The molecule has 0 aliphatic rings. The maximum Gasteiger partial charge on any atom is 0.305 e. The van der Waals surface area contributed by atoms with Crippen LogP contribution in [0.2, 0.25) is 0 Å². The molecule has 0 amide bonds. The van der Waals surface area contributed by atoms with Crippen molar-refractivity contribution in [2.75, 3.05) is 13.7 Å². The van der Waals surface area contributed by atoms with Gasteiger partial charge in [0.1, 0.15) is 5.75 Å². The zero-order chi connectivity index (χ0) is 15.8. The van der Waals surface area contributed by atoms with Gasteiger partial charge in [-0.25, -0.2) is 0 Å². The highest BCUT2D eigenvalue weighted by atomic mass is 16.5. The first kappa shape index (κ1) is 17.5. The van der Waals surface area contributed by atoms with Crippen molar-refractivity contribution >= 4 is 5.97 Å². The summed E-state index contributed by atoms with van der Waals surface area (Å²) in [7, 11) is 1.68. The van der Waals surface area contributed by atoms with Gasteiger partial charge < -0.3 is 15.2 Å². The highest BCUT2D eigenvalue weighted by Gasteiger charge is 2.13. The van der Waals surface area contributed by atoms with Gasteiger partial charge in [-0.15, -0.1) is 0 Å². The number of carbonyl (C=O) groups excluding carboxylic acids is 1. The molecule has 0 saturated carbocycles. The van der Waals surface area contributed by atoms with Gasteiger partial charge in [0.25, 0.3) is 0 Å². The molecule has 0 fully saturated rings. The highest BCUT2D eigenvalue weighted by Crippen LogP contribution is 2.30. The van der Waals surface area contributed by atoms with Crippen molar-refractivity contribution in [1.29, 1.82) is 0 Å². The van der Waals surface area contributed by atoms with Gasteiger partial charge in [-0.05, 0) is 42.9 Å². The Morgan fingerprint density at radius 3 is 2.62 bits per heavy atom. The summed E-state index contributed by atoms with van der Waals surface area (Å²) in [4.78, 5) is 11.3. The van der Waals surface area contributed by atoms with Crippen LogP contribution in [0.25, 0.3) is 0 Å². The van der Waals surface area contributed by atoms with E-state index in [1.54, 1.807) is 7.11 Å². The second-order valence-corrected chi connectivity index (χ2v) is 5.46. The van der Waals surface area contributed by atoms with Gasteiger partial charge in [-0.1, -0.05) is 26.0 Å². The molecule has 4 heteroatoms. The zero-order valence-corrected chi connectivity index (χ0v) is 13.5. The van der Waals surface area contributed by atoms with Gasteiger partial charge in [0, 0.05) is 12.5 Å². The molecule has 4 nitrogen and oxygen atoms in total. The molecule has 0 aliphatic heterocycles. The van der Waals surface area contributed by atoms with E-state index in [0.29, 0.717) is 18.9 Å². The average Bonchev–Trinajstić information content (AvgIpc) is 2.46. The summed E-state index contributed by atoms with van der Waals surface area (Å²) in [5.74, 6) is 1.13. The molecular weight excluding hydrogens is 266 g/mol. The van der Waals surface area contributed by atoms with Crippen LogP contribution in [-0.2, 0) is 9.53 Å². The van der Waals surface area contributed by atoms with Crippen LogP contribution >= 0.6 is 0 Å². The van der Waals surface area contributed by atoms with Crippen LogP contribution in [0.5, 0.6) is 5.75 Å². The van der Waals surface area contributed by atoms with Gasteiger partial charge in [0.2, 0.25) is 0 Å². The minimum absolute atomic E-state index is 0.0668. The van der Waals surface area contributed by atoms with Gasteiger partial charge in [-0.3, -0.25) is 4.79 Å². The highest BCUT2D eigenvalue weighted by molar-refractivity contribution is 5.69. The van der Waals surface area contributed by atoms with Crippen molar-refractivity contribution < 1.29 is 14.3 Å². The molecule has 0 spiro atoms. The van der Waals surface area contributed by atoms with Crippen molar-refractivity contribution in [3.8, 4) is 5.75 Å². The third-order valence-electron chi connectivity index (χ3n) is 3.51. The molecule has 1 unspecified atom stereocenters. The molecule has 1 aromatic carbocycles. The van der Waals surface area contributed by atoms with E-state index < -0.39 is 0 Å². The number of esters is 1. The quantitative estimate of drug-likeness (QED) is 0.745. The summed E-state index contributed by atoms with van der Waals surface area (Å²) in [6.45, 7) is 6.51. The average molecular weight is 293 g/mol. The molecular formula is C17H27NO3. The van der Waals surface area contributed by atoms with Gasteiger partial charge >= 0.3 is 5.97 Å². The number of ether oxygens (including phenoxy) is 2. The van der Waals surface area contributed by atoms with Crippen LogP contribution < -0.4 is 10.5 Å². The number of nitrogens with two attached hydrogens (primary N) is 1. The smallest absolute Gasteiger partial charge is 0.305 e. The summed E-state index contributed by atoms with van der Waals surface area (Å²) < 4.78 is 10.3. The Morgan fingerprint density at radius 2 is 2.05 bits per heavy atom. The summed E-state index contributed by atoms with van der Waals surface area (Å²) in [5.41, 5.74) is 8.47. The van der Waals surface area contributed by atoms with Crippen molar-refractivity contribution in [1.82, 2.24) is 0 Å². The van der Waals surface area contributed by atoms with Crippen LogP contribution in [0.15, 0.2) is 18.2 Å². The fourth-order valence-corrected chi connectivity index (χ4v) is 2.30. The molecule has 1 rings (SSSR count). The Balaban J connectivity index is 2.64. The molecule has 0 bridgehead atoms. The van der Waals surface area contributed by atoms with E-state index in [4.69, 9.17) is 15.2 Å². The first-order valence-electron chi connectivity index (χ1n) is 7.58. The first-order chi connectivity index (χ1) is 9.99. The SMILES string of the molecule is CCOC(=O)CCCC(N)c1ccc(OC)c(C(C)C)c1. The predicted octanol–water partition coefficient (Wildman–Crippen LogP) is 3.55. The fraction of sp³-hybridized carbons (Fsp3) is 0.588. The summed E-state index contributed by atoms with van der Waals surface area (Å²) in [6, 6.07) is 6.01.